The molecule has 34 heavy (non-hydrogen) atoms. The zero-order valence-electron chi connectivity index (χ0n) is 20.0. The van der Waals surface area contributed by atoms with Crippen molar-refractivity contribution in [3.63, 3.8) is 0 Å². The van der Waals surface area contributed by atoms with E-state index in [0.717, 1.165) is 25.7 Å². The van der Waals surface area contributed by atoms with E-state index in [-0.39, 0.29) is 28.3 Å². The summed E-state index contributed by atoms with van der Waals surface area (Å²) < 4.78 is 20.5. The van der Waals surface area contributed by atoms with Crippen molar-refractivity contribution in [1.29, 1.82) is 0 Å². The van der Waals surface area contributed by atoms with Crippen LogP contribution < -0.4 is 11.1 Å². The first-order valence-electron chi connectivity index (χ1n) is 11.4. The molecule has 2 heterocycles. The van der Waals surface area contributed by atoms with Gasteiger partial charge in [-0.1, -0.05) is 11.6 Å². The van der Waals surface area contributed by atoms with Crippen molar-refractivity contribution in [2.75, 3.05) is 24.1 Å². The van der Waals surface area contributed by atoms with Gasteiger partial charge in [-0.15, -0.1) is 0 Å². The Labute approximate surface area is 203 Å². The van der Waals surface area contributed by atoms with Crippen LogP contribution in [0.4, 0.5) is 20.7 Å². The molecule has 2 aliphatic rings. The van der Waals surface area contributed by atoms with E-state index in [4.69, 9.17) is 22.1 Å². The van der Waals surface area contributed by atoms with Crippen molar-refractivity contribution in [1.82, 2.24) is 14.7 Å². The largest absolute Gasteiger partial charge is 0.444 e. The van der Waals surface area contributed by atoms with Crippen LogP contribution in [-0.2, 0) is 11.8 Å². The highest BCUT2D eigenvalue weighted by molar-refractivity contribution is 6.31. The summed E-state index contributed by atoms with van der Waals surface area (Å²) in [6, 6.07) is 4.00. The highest BCUT2D eigenvalue weighted by Gasteiger charge is 2.49. The van der Waals surface area contributed by atoms with Crippen LogP contribution in [0.15, 0.2) is 18.2 Å². The summed E-state index contributed by atoms with van der Waals surface area (Å²) in [6.45, 7) is 6.91. The van der Waals surface area contributed by atoms with Crippen LogP contribution in [0.3, 0.4) is 0 Å². The SMILES string of the molecule is Cn1nc(C2CC3(CCN(C(=O)OC(C)(C)C)CC3)C2)c(C(=O)Nc2ccc(F)c(Cl)c2)c1N. The van der Waals surface area contributed by atoms with E-state index in [9.17, 15) is 14.0 Å². The molecule has 1 aliphatic carbocycles. The quantitative estimate of drug-likeness (QED) is 0.633. The molecule has 2 aromatic rings. The molecular weight excluding hydrogens is 461 g/mol. The van der Waals surface area contributed by atoms with Crippen molar-refractivity contribution >= 4 is 35.1 Å². The number of rotatable bonds is 3. The standard InChI is InChI=1S/C24H31ClFN5O3/c1-23(2,3)34-22(33)31-9-7-24(8-10-31)12-14(13-24)19-18(20(27)30(4)29-19)21(32)28-15-5-6-17(26)16(25)11-15/h5-6,11,14H,7-10,12-13,27H2,1-4H3,(H,28,32). The number of ether oxygens (including phenoxy) is 1. The summed E-state index contributed by atoms with van der Waals surface area (Å²) in [4.78, 5) is 27.2. The van der Waals surface area contributed by atoms with Gasteiger partial charge in [-0.2, -0.15) is 5.10 Å². The second-order valence-electron chi connectivity index (χ2n) is 10.4. The van der Waals surface area contributed by atoms with Gasteiger partial charge in [0.1, 0.15) is 22.8 Å². The number of benzene rings is 1. The lowest BCUT2D eigenvalue weighted by Gasteiger charge is -2.52. The molecule has 4 rings (SSSR count). The molecule has 0 unspecified atom stereocenters. The average Bonchev–Trinajstić information content (AvgIpc) is 3.02. The fourth-order valence-corrected chi connectivity index (χ4v) is 5.10. The van der Waals surface area contributed by atoms with Crippen LogP contribution in [0, 0.1) is 11.2 Å². The number of nitrogens with zero attached hydrogens (tertiary/aromatic N) is 3. The number of aromatic nitrogens is 2. The van der Waals surface area contributed by atoms with Crippen molar-refractivity contribution in [2.24, 2.45) is 12.5 Å². The summed E-state index contributed by atoms with van der Waals surface area (Å²) in [5, 5.41) is 7.23. The molecule has 1 aromatic heterocycles. The van der Waals surface area contributed by atoms with Gasteiger partial charge in [0, 0.05) is 31.7 Å². The fourth-order valence-electron chi connectivity index (χ4n) is 4.92. The number of nitrogens with one attached hydrogen (secondary N) is 1. The second-order valence-corrected chi connectivity index (χ2v) is 10.8. The lowest BCUT2D eigenvalue weighted by Crippen LogP contribution is -2.49. The minimum atomic E-state index is -0.557. The van der Waals surface area contributed by atoms with Gasteiger partial charge >= 0.3 is 6.09 Å². The smallest absolute Gasteiger partial charge is 0.410 e. The molecule has 10 heteroatoms. The first kappa shape index (κ1) is 24.3. The predicted octanol–water partition coefficient (Wildman–Crippen LogP) is 4.94. The third-order valence-electron chi connectivity index (χ3n) is 6.74. The van der Waals surface area contributed by atoms with Crippen molar-refractivity contribution in [3.05, 3.63) is 40.3 Å². The number of hydrogen-bond acceptors (Lipinski definition) is 5. The third-order valence-corrected chi connectivity index (χ3v) is 7.03. The normalized spacial score (nSPS) is 18.0. The van der Waals surface area contributed by atoms with Gasteiger partial charge in [0.05, 0.1) is 10.7 Å². The monoisotopic (exact) mass is 491 g/mol. The topological polar surface area (TPSA) is 102 Å². The molecule has 0 atom stereocenters. The summed E-state index contributed by atoms with van der Waals surface area (Å²) >= 11 is 5.84. The van der Waals surface area contributed by atoms with E-state index >= 15 is 0 Å². The molecule has 2 fully saturated rings. The van der Waals surface area contributed by atoms with E-state index < -0.39 is 17.3 Å². The first-order chi connectivity index (χ1) is 15.9. The minimum absolute atomic E-state index is 0.0733. The number of halogens is 2. The Kier molecular flexibility index (Phi) is 6.27. The fraction of sp³-hybridized carbons (Fsp3) is 0.542. The Bertz CT molecular complexity index is 1110. The number of carbonyl (C=O) groups excluding carboxylic acids is 2. The van der Waals surface area contributed by atoms with Crippen molar-refractivity contribution in [3.8, 4) is 0 Å². The van der Waals surface area contributed by atoms with Gasteiger partial charge < -0.3 is 20.7 Å². The number of likely N-dealkylation sites (tertiary alicyclic amines) is 1. The molecule has 0 bridgehead atoms. The first-order valence-corrected chi connectivity index (χ1v) is 11.8. The van der Waals surface area contributed by atoms with Crippen molar-refractivity contribution in [2.45, 2.75) is 58.0 Å². The predicted molar refractivity (Wildman–Crippen MR) is 128 cm³/mol. The highest BCUT2D eigenvalue weighted by atomic mass is 35.5. The van der Waals surface area contributed by atoms with Crippen LogP contribution >= 0.6 is 11.6 Å². The van der Waals surface area contributed by atoms with Gasteiger partial charge in [-0.05, 0) is 70.1 Å². The molecule has 184 valence electrons. The van der Waals surface area contributed by atoms with Crippen LogP contribution in [0.25, 0.3) is 0 Å². The summed E-state index contributed by atoms with van der Waals surface area (Å²) in [7, 11) is 1.71. The minimum Gasteiger partial charge on any atom is -0.444 e. The molecule has 1 aliphatic heterocycles. The number of hydrogen-bond donors (Lipinski definition) is 2. The number of piperidine rings is 1. The molecule has 8 nitrogen and oxygen atoms in total. The van der Waals surface area contributed by atoms with Gasteiger partial charge in [-0.25, -0.2) is 9.18 Å². The number of nitrogen functional groups attached to an aromatic ring is 1. The van der Waals surface area contributed by atoms with Crippen molar-refractivity contribution < 1.29 is 18.7 Å². The number of carbonyl (C=O) groups is 2. The molecule has 1 saturated heterocycles. The highest BCUT2D eigenvalue weighted by Crippen LogP contribution is 2.57. The number of anilines is 2. The lowest BCUT2D eigenvalue weighted by molar-refractivity contribution is -0.0128. The zero-order chi connectivity index (χ0) is 24.8. The van der Waals surface area contributed by atoms with Crippen LogP contribution in [0.2, 0.25) is 5.02 Å². The Hall–Kier alpha value is -2.81. The maximum atomic E-state index is 13.5. The van der Waals surface area contributed by atoms with Crippen LogP contribution in [-0.4, -0.2) is 45.4 Å². The lowest BCUT2D eigenvalue weighted by atomic mass is 9.56. The summed E-state index contributed by atoms with van der Waals surface area (Å²) in [6.07, 6.45) is 3.28. The Morgan fingerprint density at radius 2 is 1.91 bits per heavy atom. The average molecular weight is 492 g/mol. The zero-order valence-corrected chi connectivity index (χ0v) is 20.7. The van der Waals surface area contributed by atoms with E-state index in [2.05, 4.69) is 10.4 Å². The van der Waals surface area contributed by atoms with Gasteiger partial charge in [0.15, 0.2) is 0 Å². The summed E-state index contributed by atoms with van der Waals surface area (Å²) in [5.74, 6) is -0.571. The molecule has 2 amide bonds. The maximum absolute atomic E-state index is 13.5. The Morgan fingerprint density at radius 3 is 2.50 bits per heavy atom. The molecular formula is C24H31ClFN5O3. The molecule has 1 spiro atoms. The van der Waals surface area contributed by atoms with Gasteiger partial charge in [0.2, 0.25) is 0 Å². The number of aryl methyl sites for hydroxylation is 1. The summed E-state index contributed by atoms with van der Waals surface area (Å²) in [5.41, 5.74) is 7.21. The van der Waals surface area contributed by atoms with Gasteiger partial charge in [0.25, 0.3) is 5.91 Å². The van der Waals surface area contributed by atoms with Crippen LogP contribution in [0.5, 0.6) is 0 Å². The Balaban J connectivity index is 1.42. The molecule has 0 radical (unpaired) electrons. The van der Waals surface area contributed by atoms with E-state index in [0.29, 0.717) is 30.0 Å². The number of nitrogens with two attached hydrogens (primary N) is 1. The molecule has 3 N–H and O–H groups in total. The van der Waals surface area contributed by atoms with E-state index in [1.54, 1.807) is 11.9 Å². The second kappa shape index (κ2) is 8.76. The number of amides is 2. The maximum Gasteiger partial charge on any atom is 0.410 e. The third kappa shape index (κ3) is 4.85. The van der Waals surface area contributed by atoms with Gasteiger partial charge in [-0.3, -0.25) is 9.48 Å². The molecule has 1 aromatic carbocycles. The van der Waals surface area contributed by atoms with E-state index in [1.165, 1.54) is 22.9 Å². The molecule has 1 saturated carbocycles. The van der Waals surface area contributed by atoms with E-state index in [1.807, 2.05) is 20.8 Å². The van der Waals surface area contributed by atoms with Crippen LogP contribution in [0.1, 0.15) is 68.4 Å². The Morgan fingerprint density at radius 1 is 1.26 bits per heavy atom.